The van der Waals surface area contributed by atoms with Crippen LogP contribution in [-0.4, -0.2) is 0 Å². The zero-order valence-corrected chi connectivity index (χ0v) is 17.1. The number of fused-ring (bicyclic) bond motifs is 2. The predicted octanol–water partition coefficient (Wildman–Crippen LogP) is 8.63. The van der Waals surface area contributed by atoms with Crippen LogP contribution in [0.25, 0.3) is 0 Å². The highest BCUT2D eigenvalue weighted by Crippen LogP contribution is 2.43. The summed E-state index contributed by atoms with van der Waals surface area (Å²) >= 11 is 0. The Labute approximate surface area is 158 Å². The minimum Gasteiger partial charge on any atom is -0.0882 e. The van der Waals surface area contributed by atoms with Gasteiger partial charge in [0.25, 0.3) is 0 Å². The van der Waals surface area contributed by atoms with Gasteiger partial charge >= 0.3 is 0 Å². The molecule has 2 aliphatic carbocycles. The molecule has 0 saturated heterocycles. The molecule has 0 nitrogen and oxygen atoms in total. The Morgan fingerprint density at radius 2 is 1.24 bits per heavy atom. The van der Waals surface area contributed by atoms with E-state index in [1.165, 1.54) is 109 Å². The molecule has 3 atom stereocenters. The highest BCUT2D eigenvalue weighted by atomic mass is 14.4. The molecule has 25 heavy (non-hydrogen) atoms. The van der Waals surface area contributed by atoms with Gasteiger partial charge in [-0.15, -0.1) is 0 Å². The van der Waals surface area contributed by atoms with E-state index in [0.29, 0.717) is 0 Å². The van der Waals surface area contributed by atoms with Crippen molar-refractivity contribution in [3.05, 3.63) is 24.3 Å². The van der Waals surface area contributed by atoms with Gasteiger partial charge in [0, 0.05) is 0 Å². The molecule has 2 rings (SSSR count). The Morgan fingerprint density at radius 1 is 0.680 bits per heavy atom. The molecule has 0 N–H and O–H groups in total. The molecule has 0 aromatic rings. The molecule has 3 unspecified atom stereocenters. The average molecular weight is 345 g/mol. The van der Waals surface area contributed by atoms with Crippen LogP contribution in [0.4, 0.5) is 0 Å². The van der Waals surface area contributed by atoms with Gasteiger partial charge < -0.3 is 0 Å². The van der Waals surface area contributed by atoms with E-state index < -0.39 is 0 Å². The highest BCUT2D eigenvalue weighted by molar-refractivity contribution is 5.14. The first kappa shape index (κ1) is 20.8. The summed E-state index contributed by atoms with van der Waals surface area (Å²) in [5, 5.41) is 0. The van der Waals surface area contributed by atoms with E-state index in [1.807, 2.05) is 0 Å². The molecule has 0 aliphatic heterocycles. The second-order valence-electron chi connectivity index (χ2n) is 8.76. The molecular weight excluding hydrogens is 300 g/mol. The lowest BCUT2D eigenvalue weighted by molar-refractivity contribution is 0.534. The van der Waals surface area contributed by atoms with Gasteiger partial charge in [-0.25, -0.2) is 0 Å². The first-order chi connectivity index (χ1) is 12.4. The standard InChI is InChI=1S/C25H44/c1-2-3-4-5-6-7-8-9-10-11-12-13-14-15-16-17-18-24-21-23-19-20-25(24)22-23/h17-20,23-25H,2-16,21-22H2,1H3. The molecule has 0 aromatic carbocycles. The second-order valence-corrected chi connectivity index (χ2v) is 8.76. The molecule has 2 bridgehead atoms. The fourth-order valence-electron chi connectivity index (χ4n) is 4.77. The fraction of sp³-hybridized carbons (Fsp3) is 0.840. The van der Waals surface area contributed by atoms with Crippen molar-refractivity contribution in [3.63, 3.8) is 0 Å². The minimum atomic E-state index is 0.877. The highest BCUT2D eigenvalue weighted by Gasteiger charge is 2.33. The van der Waals surface area contributed by atoms with E-state index in [1.54, 1.807) is 0 Å². The van der Waals surface area contributed by atoms with Gasteiger partial charge in [-0.2, -0.15) is 0 Å². The Bertz CT molecular complexity index is 364. The van der Waals surface area contributed by atoms with Crippen LogP contribution in [-0.2, 0) is 0 Å². The molecule has 1 fully saturated rings. The van der Waals surface area contributed by atoms with Crippen molar-refractivity contribution >= 4 is 0 Å². The van der Waals surface area contributed by atoms with E-state index in [2.05, 4.69) is 31.2 Å². The summed E-state index contributed by atoms with van der Waals surface area (Å²) < 4.78 is 0. The second kappa shape index (κ2) is 13.7. The van der Waals surface area contributed by atoms with E-state index in [-0.39, 0.29) is 0 Å². The third-order valence-corrected chi connectivity index (χ3v) is 6.44. The predicted molar refractivity (Wildman–Crippen MR) is 113 cm³/mol. The molecule has 0 heterocycles. The summed E-state index contributed by atoms with van der Waals surface area (Å²) in [4.78, 5) is 0. The maximum atomic E-state index is 2.54. The molecule has 1 saturated carbocycles. The first-order valence-electron chi connectivity index (χ1n) is 11.7. The Hall–Kier alpha value is -0.520. The van der Waals surface area contributed by atoms with Crippen molar-refractivity contribution in [2.75, 3.05) is 0 Å². The summed E-state index contributed by atoms with van der Waals surface area (Å²) in [7, 11) is 0. The van der Waals surface area contributed by atoms with E-state index in [9.17, 15) is 0 Å². The van der Waals surface area contributed by atoms with Gasteiger partial charge in [0.1, 0.15) is 0 Å². The van der Waals surface area contributed by atoms with Crippen LogP contribution in [0.2, 0.25) is 0 Å². The largest absolute Gasteiger partial charge is 0.0882 e. The summed E-state index contributed by atoms with van der Waals surface area (Å²) in [6, 6.07) is 0. The van der Waals surface area contributed by atoms with Crippen LogP contribution in [0.5, 0.6) is 0 Å². The lowest BCUT2D eigenvalue weighted by Crippen LogP contribution is -2.02. The summed E-state index contributed by atoms with van der Waals surface area (Å²) in [5.74, 6) is 2.68. The van der Waals surface area contributed by atoms with Crippen molar-refractivity contribution in [2.45, 2.75) is 116 Å². The van der Waals surface area contributed by atoms with E-state index >= 15 is 0 Å². The van der Waals surface area contributed by atoms with E-state index in [4.69, 9.17) is 0 Å². The van der Waals surface area contributed by atoms with Gasteiger partial charge in [0.15, 0.2) is 0 Å². The normalized spacial score (nSPS) is 24.8. The first-order valence-corrected chi connectivity index (χ1v) is 11.7. The lowest BCUT2D eigenvalue weighted by Gasteiger charge is -2.12. The smallest absolute Gasteiger partial charge is 0.0165 e. The minimum absolute atomic E-state index is 0.877. The maximum Gasteiger partial charge on any atom is -0.0165 e. The zero-order chi connectivity index (χ0) is 17.6. The molecule has 0 spiro atoms. The zero-order valence-electron chi connectivity index (χ0n) is 17.1. The van der Waals surface area contributed by atoms with Crippen LogP contribution in [0.3, 0.4) is 0 Å². The molecule has 0 aromatic heterocycles. The third kappa shape index (κ3) is 9.11. The van der Waals surface area contributed by atoms with Crippen LogP contribution in [0.15, 0.2) is 24.3 Å². The Kier molecular flexibility index (Phi) is 11.4. The number of hydrogen-bond donors (Lipinski definition) is 0. The van der Waals surface area contributed by atoms with Crippen molar-refractivity contribution in [1.29, 1.82) is 0 Å². The fourth-order valence-corrected chi connectivity index (χ4v) is 4.77. The molecular formula is C25H44. The molecule has 144 valence electrons. The number of unbranched alkanes of at least 4 members (excludes halogenated alkanes) is 14. The Morgan fingerprint density at radius 3 is 1.72 bits per heavy atom. The average Bonchev–Trinajstić information content (AvgIpc) is 3.24. The Balaban J connectivity index is 1.27. The van der Waals surface area contributed by atoms with Crippen LogP contribution in [0.1, 0.15) is 116 Å². The molecule has 0 amide bonds. The van der Waals surface area contributed by atoms with Crippen LogP contribution < -0.4 is 0 Å². The topological polar surface area (TPSA) is 0 Å². The lowest BCUT2D eigenvalue weighted by atomic mass is 9.93. The van der Waals surface area contributed by atoms with Crippen molar-refractivity contribution in [1.82, 2.24) is 0 Å². The van der Waals surface area contributed by atoms with Crippen molar-refractivity contribution < 1.29 is 0 Å². The monoisotopic (exact) mass is 344 g/mol. The number of hydrogen-bond acceptors (Lipinski definition) is 0. The number of allylic oxidation sites excluding steroid dienone is 4. The van der Waals surface area contributed by atoms with Gasteiger partial charge in [0.2, 0.25) is 0 Å². The number of rotatable bonds is 16. The van der Waals surface area contributed by atoms with Gasteiger partial charge in [-0.05, 0) is 43.4 Å². The SMILES string of the molecule is CCCCCCCCCCCCCCCCC=CC1CC2C=CC1C2. The summed E-state index contributed by atoms with van der Waals surface area (Å²) in [5.41, 5.74) is 0. The van der Waals surface area contributed by atoms with E-state index in [0.717, 1.165) is 17.8 Å². The molecule has 0 radical (unpaired) electrons. The van der Waals surface area contributed by atoms with Gasteiger partial charge in [-0.3, -0.25) is 0 Å². The van der Waals surface area contributed by atoms with Crippen LogP contribution >= 0.6 is 0 Å². The van der Waals surface area contributed by atoms with Gasteiger partial charge in [0.05, 0.1) is 0 Å². The van der Waals surface area contributed by atoms with Gasteiger partial charge in [-0.1, -0.05) is 115 Å². The summed E-state index contributed by atoms with van der Waals surface area (Å²) in [6.07, 6.45) is 34.5. The van der Waals surface area contributed by atoms with Crippen molar-refractivity contribution in [2.24, 2.45) is 17.8 Å². The molecule has 2 aliphatic rings. The van der Waals surface area contributed by atoms with Crippen LogP contribution in [0, 0.1) is 17.8 Å². The summed E-state index contributed by atoms with van der Waals surface area (Å²) in [6.45, 7) is 2.30. The maximum absolute atomic E-state index is 2.54. The quantitative estimate of drug-likeness (QED) is 0.194. The van der Waals surface area contributed by atoms with Crippen molar-refractivity contribution in [3.8, 4) is 0 Å². The third-order valence-electron chi connectivity index (χ3n) is 6.44. The molecule has 0 heteroatoms.